The molecule has 2 aromatic rings. The summed E-state index contributed by atoms with van der Waals surface area (Å²) in [6.07, 6.45) is 4.54. The number of anilines is 1. The molecule has 0 aromatic carbocycles. The van der Waals surface area contributed by atoms with E-state index in [1.54, 1.807) is 18.3 Å². The molecule has 2 heterocycles. The van der Waals surface area contributed by atoms with Gasteiger partial charge in [0.2, 0.25) is 0 Å². The zero-order valence-electron chi connectivity index (χ0n) is 8.84. The molecule has 0 bridgehead atoms. The Hall–Kier alpha value is -1.76. The second kappa shape index (κ2) is 5.05. The highest BCUT2D eigenvalue weighted by atomic mass is 35.5. The monoisotopic (exact) mass is 250 g/mol. The molecule has 17 heavy (non-hydrogen) atoms. The van der Waals surface area contributed by atoms with Crippen LogP contribution < -0.4 is 17.0 Å². The number of rotatable bonds is 3. The van der Waals surface area contributed by atoms with Gasteiger partial charge in [-0.3, -0.25) is 5.84 Å². The van der Waals surface area contributed by atoms with E-state index in [0.717, 1.165) is 0 Å². The molecule has 0 saturated heterocycles. The van der Waals surface area contributed by atoms with Crippen LogP contribution in [0.4, 0.5) is 5.82 Å². The van der Waals surface area contributed by atoms with Crippen molar-refractivity contribution in [2.45, 2.75) is 6.04 Å². The molecule has 0 fully saturated rings. The predicted octanol–water partition coefficient (Wildman–Crippen LogP) is 0.660. The van der Waals surface area contributed by atoms with Crippen LogP contribution in [0.1, 0.15) is 17.3 Å². The van der Waals surface area contributed by atoms with Crippen LogP contribution in [0.25, 0.3) is 0 Å². The van der Waals surface area contributed by atoms with Crippen molar-refractivity contribution in [1.29, 1.82) is 0 Å². The molecule has 6 nitrogen and oxygen atoms in total. The number of halogens is 1. The van der Waals surface area contributed by atoms with E-state index >= 15 is 0 Å². The van der Waals surface area contributed by atoms with Crippen LogP contribution >= 0.6 is 11.6 Å². The van der Waals surface area contributed by atoms with Crippen molar-refractivity contribution in [2.75, 3.05) is 5.73 Å². The lowest BCUT2D eigenvalue weighted by Gasteiger charge is -2.16. The molecule has 0 aliphatic heterocycles. The Morgan fingerprint density at radius 1 is 1.35 bits per heavy atom. The first kappa shape index (κ1) is 11.7. The number of hydrogen-bond acceptors (Lipinski definition) is 6. The minimum atomic E-state index is -0.371. The normalized spacial score (nSPS) is 12.4. The minimum absolute atomic E-state index is 0.357. The van der Waals surface area contributed by atoms with Crippen LogP contribution in [0.3, 0.4) is 0 Å². The number of nitrogen functional groups attached to an aromatic ring is 1. The maximum absolute atomic E-state index is 5.89. The van der Waals surface area contributed by atoms with Crippen molar-refractivity contribution in [1.82, 2.24) is 20.4 Å². The Labute approximate surface area is 103 Å². The van der Waals surface area contributed by atoms with Gasteiger partial charge in [-0.1, -0.05) is 11.6 Å². The SMILES string of the molecule is NNC(c1ccncn1)c1cc(Cl)cnc1N. The minimum Gasteiger partial charge on any atom is -0.383 e. The first-order valence-corrected chi connectivity index (χ1v) is 5.23. The van der Waals surface area contributed by atoms with Gasteiger partial charge in [0.05, 0.1) is 16.8 Å². The van der Waals surface area contributed by atoms with Crippen molar-refractivity contribution in [3.05, 3.63) is 47.1 Å². The van der Waals surface area contributed by atoms with E-state index in [-0.39, 0.29) is 6.04 Å². The molecule has 0 spiro atoms. The van der Waals surface area contributed by atoms with Gasteiger partial charge in [0.15, 0.2) is 0 Å². The molecule has 88 valence electrons. The maximum atomic E-state index is 5.89. The topological polar surface area (TPSA) is 103 Å². The third kappa shape index (κ3) is 2.50. The van der Waals surface area contributed by atoms with Gasteiger partial charge >= 0.3 is 0 Å². The largest absolute Gasteiger partial charge is 0.383 e. The fourth-order valence-electron chi connectivity index (χ4n) is 1.50. The number of pyridine rings is 1. The summed E-state index contributed by atoms with van der Waals surface area (Å²) in [5, 5.41) is 0.489. The summed E-state index contributed by atoms with van der Waals surface area (Å²) in [6, 6.07) is 3.07. The fraction of sp³-hybridized carbons (Fsp3) is 0.100. The van der Waals surface area contributed by atoms with E-state index in [4.69, 9.17) is 23.2 Å². The van der Waals surface area contributed by atoms with Crippen LogP contribution in [0.2, 0.25) is 5.02 Å². The number of nitrogens with one attached hydrogen (secondary N) is 1. The van der Waals surface area contributed by atoms with E-state index in [1.165, 1.54) is 12.5 Å². The fourth-order valence-corrected chi connectivity index (χ4v) is 1.67. The number of nitrogens with two attached hydrogens (primary N) is 2. The summed E-state index contributed by atoms with van der Waals surface area (Å²) in [4.78, 5) is 11.9. The van der Waals surface area contributed by atoms with Crippen LogP contribution in [0.15, 0.2) is 30.9 Å². The van der Waals surface area contributed by atoms with Gasteiger partial charge in [-0.05, 0) is 12.1 Å². The first-order valence-electron chi connectivity index (χ1n) is 4.85. The molecule has 0 aliphatic rings. The molecular formula is C10H11ClN6. The Bertz CT molecular complexity index is 503. The lowest BCUT2D eigenvalue weighted by atomic mass is 10.1. The van der Waals surface area contributed by atoms with Gasteiger partial charge in [0.1, 0.15) is 12.1 Å². The third-order valence-corrected chi connectivity index (χ3v) is 2.50. The molecule has 7 heteroatoms. The quantitative estimate of drug-likeness (QED) is 0.546. The summed E-state index contributed by atoms with van der Waals surface area (Å²) >= 11 is 5.89. The highest BCUT2D eigenvalue weighted by Crippen LogP contribution is 2.25. The van der Waals surface area contributed by atoms with Crippen molar-refractivity contribution in [3.8, 4) is 0 Å². The molecule has 2 rings (SSSR count). The van der Waals surface area contributed by atoms with Crippen LogP contribution in [0.5, 0.6) is 0 Å². The maximum Gasteiger partial charge on any atom is 0.128 e. The Kier molecular flexibility index (Phi) is 3.48. The standard InChI is InChI=1S/C10H11ClN6/c11-6-3-7(10(12)15-4-6)9(17-13)8-1-2-14-5-16-8/h1-5,9,17H,13H2,(H2,12,15). The van der Waals surface area contributed by atoms with Crippen LogP contribution in [-0.2, 0) is 0 Å². The summed E-state index contributed by atoms with van der Waals surface area (Å²) < 4.78 is 0. The van der Waals surface area contributed by atoms with Gasteiger partial charge in [0, 0.05) is 18.0 Å². The summed E-state index contributed by atoms with van der Waals surface area (Å²) in [5.41, 5.74) is 9.80. The molecular weight excluding hydrogens is 240 g/mol. The van der Waals surface area contributed by atoms with Crippen LogP contribution in [0, 0.1) is 0 Å². The Balaban J connectivity index is 2.46. The smallest absolute Gasteiger partial charge is 0.128 e. The molecule has 2 aromatic heterocycles. The first-order chi connectivity index (χ1) is 8.22. The zero-order valence-corrected chi connectivity index (χ0v) is 9.59. The average molecular weight is 251 g/mol. The van der Waals surface area contributed by atoms with Gasteiger partial charge in [-0.25, -0.2) is 20.4 Å². The van der Waals surface area contributed by atoms with Crippen LogP contribution in [-0.4, -0.2) is 15.0 Å². The predicted molar refractivity (Wildman–Crippen MR) is 64.9 cm³/mol. The zero-order chi connectivity index (χ0) is 12.3. The molecule has 0 radical (unpaired) electrons. The van der Waals surface area contributed by atoms with E-state index in [9.17, 15) is 0 Å². The van der Waals surface area contributed by atoms with Crippen molar-refractivity contribution in [3.63, 3.8) is 0 Å². The van der Waals surface area contributed by atoms with E-state index in [0.29, 0.717) is 22.1 Å². The molecule has 0 aliphatic carbocycles. The van der Waals surface area contributed by atoms with E-state index in [1.807, 2.05) is 0 Å². The molecule has 1 atom stereocenters. The van der Waals surface area contributed by atoms with E-state index in [2.05, 4.69) is 20.4 Å². The van der Waals surface area contributed by atoms with Gasteiger partial charge in [-0.15, -0.1) is 0 Å². The van der Waals surface area contributed by atoms with Crippen molar-refractivity contribution < 1.29 is 0 Å². The van der Waals surface area contributed by atoms with Crippen molar-refractivity contribution >= 4 is 17.4 Å². The van der Waals surface area contributed by atoms with Crippen molar-refractivity contribution in [2.24, 2.45) is 5.84 Å². The lowest BCUT2D eigenvalue weighted by Crippen LogP contribution is -2.30. The second-order valence-corrected chi connectivity index (χ2v) is 3.80. The van der Waals surface area contributed by atoms with Gasteiger partial charge in [0.25, 0.3) is 0 Å². The molecule has 0 saturated carbocycles. The van der Waals surface area contributed by atoms with Gasteiger partial charge < -0.3 is 5.73 Å². The summed E-state index contributed by atoms with van der Waals surface area (Å²) in [6.45, 7) is 0. The average Bonchev–Trinajstić information content (AvgIpc) is 2.36. The Morgan fingerprint density at radius 2 is 2.18 bits per heavy atom. The number of hydrazine groups is 1. The Morgan fingerprint density at radius 3 is 2.82 bits per heavy atom. The number of hydrogen-bond donors (Lipinski definition) is 3. The molecule has 0 amide bonds. The highest BCUT2D eigenvalue weighted by molar-refractivity contribution is 6.30. The second-order valence-electron chi connectivity index (χ2n) is 3.36. The third-order valence-electron chi connectivity index (χ3n) is 2.29. The summed E-state index contributed by atoms with van der Waals surface area (Å²) in [5.74, 6) is 5.88. The molecule has 5 N–H and O–H groups in total. The number of nitrogens with zero attached hydrogens (tertiary/aromatic N) is 3. The molecule has 1 unspecified atom stereocenters. The summed E-state index contributed by atoms with van der Waals surface area (Å²) in [7, 11) is 0. The van der Waals surface area contributed by atoms with Gasteiger partial charge in [-0.2, -0.15) is 0 Å². The lowest BCUT2D eigenvalue weighted by molar-refractivity contribution is 0.619. The number of aromatic nitrogens is 3. The van der Waals surface area contributed by atoms with E-state index < -0.39 is 0 Å². The highest BCUT2D eigenvalue weighted by Gasteiger charge is 2.17.